The van der Waals surface area contributed by atoms with Crippen LogP contribution in [0.2, 0.25) is 0 Å². The van der Waals surface area contributed by atoms with Gasteiger partial charge in [-0.15, -0.1) is 0 Å². The maximum absolute atomic E-state index is 12.2. The highest BCUT2D eigenvalue weighted by Gasteiger charge is 2.06. The first-order chi connectivity index (χ1) is 9.56. The zero-order valence-electron chi connectivity index (χ0n) is 12.2. The third-order valence-electron chi connectivity index (χ3n) is 2.92. The normalized spacial score (nSPS) is 11.0. The summed E-state index contributed by atoms with van der Waals surface area (Å²) in [5, 5.41) is 7.38. The standard InChI is InChI=1S/C14H21N5O/c1-11(2)10-19-9-7-16-13(14(19)20)15-6-4-12-5-8-18(3)17-12/h5,7-9,11H,4,6,10H2,1-3H3,(H,15,16). The number of hydrogen-bond donors (Lipinski definition) is 1. The van der Waals surface area contributed by atoms with Crippen LogP contribution < -0.4 is 10.9 Å². The molecule has 0 atom stereocenters. The molecular formula is C14H21N5O. The van der Waals surface area contributed by atoms with Gasteiger partial charge in [0.25, 0.3) is 5.56 Å². The molecule has 2 aromatic heterocycles. The van der Waals surface area contributed by atoms with Crippen LogP contribution in [0.4, 0.5) is 5.82 Å². The molecule has 0 spiro atoms. The minimum absolute atomic E-state index is 0.0674. The van der Waals surface area contributed by atoms with Gasteiger partial charge >= 0.3 is 0 Å². The van der Waals surface area contributed by atoms with Gasteiger partial charge in [0.2, 0.25) is 0 Å². The van der Waals surface area contributed by atoms with Crippen molar-refractivity contribution in [2.45, 2.75) is 26.8 Å². The van der Waals surface area contributed by atoms with E-state index in [1.807, 2.05) is 19.3 Å². The molecule has 0 saturated heterocycles. The summed E-state index contributed by atoms with van der Waals surface area (Å²) in [7, 11) is 1.89. The average Bonchev–Trinajstić information content (AvgIpc) is 2.79. The maximum Gasteiger partial charge on any atom is 0.293 e. The fraction of sp³-hybridized carbons (Fsp3) is 0.500. The summed E-state index contributed by atoms with van der Waals surface area (Å²) in [6, 6.07) is 1.97. The molecule has 2 rings (SSSR count). The Morgan fingerprint density at radius 2 is 2.15 bits per heavy atom. The zero-order chi connectivity index (χ0) is 14.5. The number of aryl methyl sites for hydroxylation is 1. The van der Waals surface area contributed by atoms with E-state index in [2.05, 4.69) is 29.2 Å². The van der Waals surface area contributed by atoms with E-state index in [4.69, 9.17) is 0 Å². The van der Waals surface area contributed by atoms with E-state index in [-0.39, 0.29) is 5.56 Å². The Morgan fingerprint density at radius 3 is 2.80 bits per heavy atom. The van der Waals surface area contributed by atoms with Crippen LogP contribution in [0.5, 0.6) is 0 Å². The lowest BCUT2D eigenvalue weighted by Crippen LogP contribution is -2.26. The smallest absolute Gasteiger partial charge is 0.293 e. The van der Waals surface area contributed by atoms with E-state index in [9.17, 15) is 4.79 Å². The van der Waals surface area contributed by atoms with E-state index in [1.165, 1.54) is 0 Å². The minimum Gasteiger partial charge on any atom is -0.365 e. The molecule has 2 aromatic rings. The highest BCUT2D eigenvalue weighted by molar-refractivity contribution is 5.30. The maximum atomic E-state index is 12.2. The van der Waals surface area contributed by atoms with Crippen molar-refractivity contribution in [3.63, 3.8) is 0 Å². The fourth-order valence-corrected chi connectivity index (χ4v) is 2.01. The highest BCUT2D eigenvalue weighted by atomic mass is 16.1. The quantitative estimate of drug-likeness (QED) is 0.862. The van der Waals surface area contributed by atoms with Crippen molar-refractivity contribution in [3.05, 3.63) is 40.7 Å². The van der Waals surface area contributed by atoms with Crippen molar-refractivity contribution in [1.82, 2.24) is 19.3 Å². The molecule has 0 bridgehead atoms. The lowest BCUT2D eigenvalue weighted by atomic mass is 10.2. The molecule has 0 saturated carbocycles. The first-order valence-electron chi connectivity index (χ1n) is 6.84. The van der Waals surface area contributed by atoms with Gasteiger partial charge in [0.1, 0.15) is 0 Å². The molecule has 6 nitrogen and oxygen atoms in total. The van der Waals surface area contributed by atoms with Gasteiger partial charge in [0.05, 0.1) is 5.69 Å². The summed E-state index contributed by atoms with van der Waals surface area (Å²) in [5.74, 6) is 0.834. The largest absolute Gasteiger partial charge is 0.365 e. The molecule has 0 amide bonds. The highest BCUT2D eigenvalue weighted by Crippen LogP contribution is 2.00. The lowest BCUT2D eigenvalue weighted by Gasteiger charge is -2.10. The third kappa shape index (κ3) is 3.69. The van der Waals surface area contributed by atoms with Gasteiger partial charge in [-0.2, -0.15) is 5.10 Å². The van der Waals surface area contributed by atoms with E-state index < -0.39 is 0 Å². The summed E-state index contributed by atoms with van der Waals surface area (Å²) < 4.78 is 3.46. The van der Waals surface area contributed by atoms with Crippen LogP contribution in [0.25, 0.3) is 0 Å². The molecule has 0 fully saturated rings. The van der Waals surface area contributed by atoms with Crippen molar-refractivity contribution < 1.29 is 0 Å². The van der Waals surface area contributed by atoms with Gasteiger partial charge in [0.15, 0.2) is 5.82 Å². The Bertz CT molecular complexity index is 614. The minimum atomic E-state index is -0.0674. The van der Waals surface area contributed by atoms with Crippen LogP contribution in [0.1, 0.15) is 19.5 Å². The van der Waals surface area contributed by atoms with Crippen LogP contribution in [0.3, 0.4) is 0 Å². The Hall–Kier alpha value is -2.11. The SMILES string of the molecule is CC(C)Cn1ccnc(NCCc2ccn(C)n2)c1=O. The lowest BCUT2D eigenvalue weighted by molar-refractivity contribution is 0.509. The molecule has 20 heavy (non-hydrogen) atoms. The predicted octanol–water partition coefficient (Wildman–Crippen LogP) is 1.29. The van der Waals surface area contributed by atoms with E-state index in [0.717, 1.165) is 12.1 Å². The number of aromatic nitrogens is 4. The molecule has 0 aliphatic rings. The molecular weight excluding hydrogens is 254 g/mol. The second kappa shape index (κ2) is 6.36. The third-order valence-corrected chi connectivity index (χ3v) is 2.92. The summed E-state index contributed by atoms with van der Waals surface area (Å²) >= 11 is 0. The van der Waals surface area contributed by atoms with Crippen molar-refractivity contribution in [1.29, 1.82) is 0 Å². The number of rotatable bonds is 6. The van der Waals surface area contributed by atoms with Crippen LogP contribution in [0.15, 0.2) is 29.5 Å². The number of nitrogens with one attached hydrogen (secondary N) is 1. The van der Waals surface area contributed by atoms with E-state index >= 15 is 0 Å². The summed E-state index contributed by atoms with van der Waals surface area (Å²) in [5.41, 5.74) is 0.931. The second-order valence-corrected chi connectivity index (χ2v) is 5.28. The summed E-state index contributed by atoms with van der Waals surface area (Å²) in [4.78, 5) is 16.3. The molecule has 6 heteroatoms. The number of nitrogens with zero attached hydrogens (tertiary/aromatic N) is 4. The van der Waals surface area contributed by atoms with Crippen LogP contribution in [0, 0.1) is 5.92 Å². The van der Waals surface area contributed by atoms with Crippen molar-refractivity contribution >= 4 is 5.82 Å². The fourth-order valence-electron chi connectivity index (χ4n) is 2.01. The van der Waals surface area contributed by atoms with Crippen molar-refractivity contribution in [2.24, 2.45) is 13.0 Å². The average molecular weight is 275 g/mol. The first kappa shape index (κ1) is 14.3. The molecule has 0 radical (unpaired) electrons. The Kier molecular flexibility index (Phi) is 4.55. The van der Waals surface area contributed by atoms with Crippen LogP contribution in [-0.4, -0.2) is 25.9 Å². The van der Waals surface area contributed by atoms with E-state index in [1.54, 1.807) is 21.6 Å². The van der Waals surface area contributed by atoms with Gasteiger partial charge < -0.3 is 9.88 Å². The molecule has 0 unspecified atom stereocenters. The van der Waals surface area contributed by atoms with Crippen molar-refractivity contribution in [3.8, 4) is 0 Å². The Balaban J connectivity index is 1.97. The predicted molar refractivity (Wildman–Crippen MR) is 78.7 cm³/mol. The molecule has 2 heterocycles. The van der Waals surface area contributed by atoms with Gasteiger partial charge in [0, 0.05) is 45.1 Å². The number of anilines is 1. The second-order valence-electron chi connectivity index (χ2n) is 5.28. The number of hydrogen-bond acceptors (Lipinski definition) is 4. The van der Waals surface area contributed by atoms with Crippen molar-refractivity contribution in [2.75, 3.05) is 11.9 Å². The molecule has 1 N–H and O–H groups in total. The van der Waals surface area contributed by atoms with E-state index in [0.29, 0.717) is 24.8 Å². The first-order valence-corrected chi connectivity index (χ1v) is 6.84. The van der Waals surface area contributed by atoms with Crippen LogP contribution in [-0.2, 0) is 20.0 Å². The Labute approximate surface area is 118 Å². The van der Waals surface area contributed by atoms with Gasteiger partial charge in [-0.05, 0) is 12.0 Å². The topological polar surface area (TPSA) is 64.7 Å². The molecule has 0 aliphatic heterocycles. The van der Waals surface area contributed by atoms with Gasteiger partial charge in [-0.1, -0.05) is 13.8 Å². The molecule has 108 valence electrons. The van der Waals surface area contributed by atoms with Gasteiger partial charge in [-0.25, -0.2) is 4.98 Å². The summed E-state index contributed by atoms with van der Waals surface area (Å²) in [6.07, 6.45) is 6.06. The molecule has 0 aliphatic carbocycles. The van der Waals surface area contributed by atoms with Crippen LogP contribution >= 0.6 is 0 Å². The summed E-state index contributed by atoms with van der Waals surface area (Å²) in [6.45, 7) is 5.52. The Morgan fingerprint density at radius 1 is 1.35 bits per heavy atom. The zero-order valence-corrected chi connectivity index (χ0v) is 12.2. The monoisotopic (exact) mass is 275 g/mol. The van der Waals surface area contributed by atoms with Gasteiger partial charge in [-0.3, -0.25) is 9.48 Å². The molecule has 0 aromatic carbocycles.